The van der Waals surface area contributed by atoms with Gasteiger partial charge < -0.3 is 15.4 Å². The summed E-state index contributed by atoms with van der Waals surface area (Å²) in [6.07, 6.45) is 2.92. The summed E-state index contributed by atoms with van der Waals surface area (Å²) >= 11 is 1.49. The van der Waals surface area contributed by atoms with Crippen LogP contribution >= 0.6 is 11.8 Å². The first-order valence-corrected chi connectivity index (χ1v) is 12.3. The minimum absolute atomic E-state index is 0.0655. The molecule has 1 amide bonds. The summed E-state index contributed by atoms with van der Waals surface area (Å²) in [5.41, 5.74) is 4.19. The van der Waals surface area contributed by atoms with Crippen molar-refractivity contribution < 1.29 is 9.53 Å². The Morgan fingerprint density at radius 1 is 0.912 bits per heavy atom. The highest BCUT2D eigenvalue weighted by atomic mass is 32.2. The highest BCUT2D eigenvalue weighted by molar-refractivity contribution is 8.05. The largest absolute Gasteiger partial charge is 0.489 e. The molecule has 0 aliphatic carbocycles. The van der Waals surface area contributed by atoms with Gasteiger partial charge >= 0.3 is 0 Å². The average molecular weight is 467 g/mol. The van der Waals surface area contributed by atoms with Crippen molar-refractivity contribution >= 4 is 40.2 Å². The molecule has 4 aromatic carbocycles. The van der Waals surface area contributed by atoms with Gasteiger partial charge in [0, 0.05) is 5.69 Å². The van der Waals surface area contributed by atoms with E-state index in [9.17, 15) is 4.79 Å². The lowest BCUT2D eigenvalue weighted by Crippen LogP contribution is -2.30. The third-order valence-corrected chi connectivity index (χ3v) is 6.82. The molecule has 170 valence electrons. The Bertz CT molecular complexity index is 1330. The summed E-state index contributed by atoms with van der Waals surface area (Å²) in [6.45, 7) is 2.65. The molecule has 4 aromatic rings. The van der Waals surface area contributed by atoms with E-state index >= 15 is 0 Å². The molecule has 1 fully saturated rings. The smallest absolute Gasteiger partial charge is 0.260 e. The van der Waals surface area contributed by atoms with Crippen molar-refractivity contribution in [2.45, 2.75) is 25.4 Å². The molecule has 0 spiro atoms. The van der Waals surface area contributed by atoms with E-state index in [1.165, 1.54) is 28.1 Å². The summed E-state index contributed by atoms with van der Waals surface area (Å²) < 4.78 is 5.97. The Kier molecular flexibility index (Phi) is 6.54. The van der Waals surface area contributed by atoms with E-state index in [1.54, 1.807) is 0 Å². The first-order valence-electron chi connectivity index (χ1n) is 11.4. The van der Waals surface area contributed by atoms with Gasteiger partial charge in [0.05, 0.1) is 4.91 Å². The predicted octanol–water partition coefficient (Wildman–Crippen LogP) is 6.58. The molecule has 5 rings (SSSR count). The molecule has 0 aromatic heterocycles. The molecule has 0 unspecified atom stereocenters. The molecule has 0 radical (unpaired) electrons. The fourth-order valence-electron chi connectivity index (χ4n) is 3.86. The molecule has 1 saturated heterocycles. The monoisotopic (exact) mass is 466 g/mol. The molecule has 1 aliphatic heterocycles. The number of rotatable bonds is 7. The Hall–Kier alpha value is -3.70. The highest BCUT2D eigenvalue weighted by Crippen LogP contribution is 2.30. The van der Waals surface area contributed by atoms with Crippen LogP contribution in [0.1, 0.15) is 23.6 Å². The van der Waals surface area contributed by atoms with Crippen molar-refractivity contribution in [1.29, 1.82) is 0 Å². The van der Waals surface area contributed by atoms with E-state index in [0.29, 0.717) is 11.5 Å². The molecule has 1 aliphatic rings. The molecule has 4 nitrogen and oxygen atoms in total. The van der Waals surface area contributed by atoms with Gasteiger partial charge in [-0.25, -0.2) is 0 Å². The van der Waals surface area contributed by atoms with Crippen molar-refractivity contribution in [1.82, 2.24) is 5.32 Å². The van der Waals surface area contributed by atoms with E-state index in [2.05, 4.69) is 60.0 Å². The number of hydrogen-bond acceptors (Lipinski definition) is 4. The Morgan fingerprint density at radius 2 is 1.65 bits per heavy atom. The van der Waals surface area contributed by atoms with Gasteiger partial charge in [0.15, 0.2) is 5.50 Å². The summed E-state index contributed by atoms with van der Waals surface area (Å²) in [4.78, 5) is 13.1. The normalized spacial score (nSPS) is 16.6. The molecule has 5 heteroatoms. The number of nitrogens with one attached hydrogen (secondary N) is 2. The van der Waals surface area contributed by atoms with Gasteiger partial charge in [-0.05, 0) is 70.3 Å². The minimum atomic E-state index is -0.184. The molecule has 34 heavy (non-hydrogen) atoms. The van der Waals surface area contributed by atoms with Crippen LogP contribution in [0.5, 0.6) is 5.75 Å². The van der Waals surface area contributed by atoms with E-state index in [0.717, 1.165) is 29.0 Å². The van der Waals surface area contributed by atoms with Gasteiger partial charge in [-0.2, -0.15) is 0 Å². The molecule has 2 N–H and O–H groups in total. The van der Waals surface area contributed by atoms with Crippen LogP contribution in [-0.4, -0.2) is 11.4 Å². The summed E-state index contributed by atoms with van der Waals surface area (Å²) in [5.74, 6) is 0.734. The Balaban J connectivity index is 1.18. The topological polar surface area (TPSA) is 50.4 Å². The van der Waals surface area contributed by atoms with Crippen LogP contribution < -0.4 is 15.4 Å². The zero-order valence-electron chi connectivity index (χ0n) is 19.0. The van der Waals surface area contributed by atoms with Crippen LogP contribution in [0.2, 0.25) is 0 Å². The van der Waals surface area contributed by atoms with Crippen molar-refractivity contribution in [2.75, 3.05) is 5.32 Å². The van der Waals surface area contributed by atoms with Gasteiger partial charge in [-0.3, -0.25) is 4.79 Å². The number of carbonyl (C=O) groups is 1. The van der Waals surface area contributed by atoms with Crippen LogP contribution in [0.25, 0.3) is 16.8 Å². The Labute approximate surface area is 204 Å². The van der Waals surface area contributed by atoms with Crippen LogP contribution in [0.3, 0.4) is 0 Å². The SMILES string of the molecule is CCc1ccc(N[C@@H]2NC(=O)/C(=C/c3ccc(OCc4ccc5ccccc5c4)cc3)S2)cc1. The van der Waals surface area contributed by atoms with Crippen molar-refractivity contribution in [3.8, 4) is 5.75 Å². The number of hydrogen-bond donors (Lipinski definition) is 2. The number of benzene rings is 4. The maximum absolute atomic E-state index is 12.4. The molecular formula is C29H26N2O2S. The second-order valence-electron chi connectivity index (χ2n) is 8.21. The first-order chi connectivity index (χ1) is 16.7. The zero-order valence-corrected chi connectivity index (χ0v) is 19.8. The highest BCUT2D eigenvalue weighted by Gasteiger charge is 2.27. The lowest BCUT2D eigenvalue weighted by atomic mass is 10.1. The number of fused-ring (bicyclic) bond motifs is 1. The molecule has 1 atom stereocenters. The van der Waals surface area contributed by atoms with Crippen molar-refractivity contribution in [3.63, 3.8) is 0 Å². The lowest BCUT2D eigenvalue weighted by molar-refractivity contribution is -0.116. The summed E-state index contributed by atoms with van der Waals surface area (Å²) in [6, 6.07) is 30.8. The number of ether oxygens (including phenoxy) is 1. The van der Waals surface area contributed by atoms with Gasteiger partial charge in [-0.1, -0.05) is 79.3 Å². The minimum Gasteiger partial charge on any atom is -0.489 e. The van der Waals surface area contributed by atoms with E-state index < -0.39 is 0 Å². The molecule has 0 saturated carbocycles. The van der Waals surface area contributed by atoms with Gasteiger partial charge in [0.1, 0.15) is 12.4 Å². The number of amides is 1. The van der Waals surface area contributed by atoms with Gasteiger partial charge in [-0.15, -0.1) is 0 Å². The number of aryl methyl sites for hydroxylation is 1. The fraction of sp³-hybridized carbons (Fsp3) is 0.138. The van der Waals surface area contributed by atoms with Crippen molar-refractivity contribution in [3.05, 3.63) is 113 Å². The third-order valence-electron chi connectivity index (χ3n) is 5.79. The maximum atomic E-state index is 12.4. The van der Waals surface area contributed by atoms with Crippen LogP contribution in [0.15, 0.2) is 95.9 Å². The third kappa shape index (κ3) is 5.26. The predicted molar refractivity (Wildman–Crippen MR) is 142 cm³/mol. The number of carbonyl (C=O) groups excluding carboxylic acids is 1. The first kappa shape index (κ1) is 22.1. The number of anilines is 1. The quantitative estimate of drug-likeness (QED) is 0.302. The summed E-state index contributed by atoms with van der Waals surface area (Å²) in [7, 11) is 0. The van der Waals surface area contributed by atoms with Crippen LogP contribution in [0, 0.1) is 0 Å². The lowest BCUT2D eigenvalue weighted by Gasteiger charge is -2.12. The van der Waals surface area contributed by atoms with E-state index in [-0.39, 0.29) is 11.4 Å². The molecule has 1 heterocycles. The van der Waals surface area contributed by atoms with Crippen LogP contribution in [-0.2, 0) is 17.8 Å². The fourth-order valence-corrected chi connectivity index (χ4v) is 4.85. The van der Waals surface area contributed by atoms with Gasteiger partial charge in [0.2, 0.25) is 0 Å². The zero-order chi connectivity index (χ0) is 23.3. The van der Waals surface area contributed by atoms with E-state index in [4.69, 9.17) is 4.74 Å². The molecule has 0 bridgehead atoms. The molecular weight excluding hydrogens is 440 g/mol. The van der Waals surface area contributed by atoms with Crippen molar-refractivity contribution in [2.24, 2.45) is 0 Å². The van der Waals surface area contributed by atoms with Crippen LogP contribution in [0.4, 0.5) is 5.69 Å². The second kappa shape index (κ2) is 10.1. The maximum Gasteiger partial charge on any atom is 0.260 e. The Morgan fingerprint density at radius 3 is 2.41 bits per heavy atom. The van der Waals surface area contributed by atoms with E-state index in [1.807, 2.05) is 54.6 Å². The summed E-state index contributed by atoms with van der Waals surface area (Å²) in [5, 5.41) is 8.78. The second-order valence-corrected chi connectivity index (χ2v) is 9.36. The average Bonchev–Trinajstić information content (AvgIpc) is 3.22. The van der Waals surface area contributed by atoms with Gasteiger partial charge in [0.25, 0.3) is 5.91 Å². The number of thioether (sulfide) groups is 1. The standard InChI is InChI=1S/C29H26N2O2S/c1-2-20-8-13-25(14-9-20)30-29-31-28(32)27(34-29)18-21-10-15-26(16-11-21)33-19-22-7-12-23-5-3-4-6-24(23)17-22/h3-18,29-30H,2,19H2,1H3,(H,31,32)/b27-18-/t29-/m1/s1.